The first-order chi connectivity index (χ1) is 7.04. The standard InChI is InChI=1S/C11H16N2O2/c1-7(2)11(15)13-9-3-4-10(14)8(5-9)6-12/h3-5,7,14H,6,12H2,1-2H3,(H,13,15). The fourth-order valence-corrected chi connectivity index (χ4v) is 1.11. The van der Waals surface area contributed by atoms with Gasteiger partial charge in [-0.05, 0) is 18.2 Å². The van der Waals surface area contributed by atoms with Crippen LogP contribution in [0.3, 0.4) is 0 Å². The predicted molar refractivity (Wildman–Crippen MR) is 59.5 cm³/mol. The monoisotopic (exact) mass is 208 g/mol. The van der Waals surface area contributed by atoms with Crippen molar-refractivity contribution in [3.05, 3.63) is 23.8 Å². The number of carbonyl (C=O) groups excluding carboxylic acids is 1. The van der Waals surface area contributed by atoms with Gasteiger partial charge in [-0.2, -0.15) is 0 Å². The Bertz CT molecular complexity index is 362. The molecule has 0 bridgehead atoms. The van der Waals surface area contributed by atoms with E-state index in [2.05, 4.69) is 5.32 Å². The Labute approximate surface area is 89.1 Å². The maximum Gasteiger partial charge on any atom is 0.226 e. The molecule has 0 fully saturated rings. The molecular formula is C11H16N2O2. The Morgan fingerprint density at radius 2 is 2.20 bits per heavy atom. The first-order valence-electron chi connectivity index (χ1n) is 4.87. The number of hydrogen-bond donors (Lipinski definition) is 3. The van der Waals surface area contributed by atoms with Gasteiger partial charge in [0.1, 0.15) is 5.75 Å². The highest BCUT2D eigenvalue weighted by Crippen LogP contribution is 2.21. The van der Waals surface area contributed by atoms with Gasteiger partial charge in [0, 0.05) is 23.7 Å². The molecule has 1 rings (SSSR count). The first kappa shape index (κ1) is 11.5. The highest BCUT2D eigenvalue weighted by Gasteiger charge is 2.08. The molecule has 4 N–H and O–H groups in total. The van der Waals surface area contributed by atoms with E-state index in [0.29, 0.717) is 11.3 Å². The minimum atomic E-state index is -0.0693. The number of carbonyl (C=O) groups is 1. The number of nitrogens with two attached hydrogens (primary N) is 1. The van der Waals surface area contributed by atoms with Crippen LogP contribution in [-0.2, 0) is 11.3 Å². The lowest BCUT2D eigenvalue weighted by Gasteiger charge is -2.09. The fourth-order valence-electron chi connectivity index (χ4n) is 1.11. The third kappa shape index (κ3) is 2.95. The number of hydrogen-bond acceptors (Lipinski definition) is 3. The van der Waals surface area contributed by atoms with E-state index in [1.54, 1.807) is 12.1 Å². The van der Waals surface area contributed by atoms with Crippen LogP contribution < -0.4 is 11.1 Å². The van der Waals surface area contributed by atoms with Crippen molar-refractivity contribution in [2.45, 2.75) is 20.4 Å². The van der Waals surface area contributed by atoms with Gasteiger partial charge in [-0.15, -0.1) is 0 Å². The van der Waals surface area contributed by atoms with Crippen molar-refractivity contribution in [1.29, 1.82) is 0 Å². The molecule has 0 unspecified atom stereocenters. The largest absolute Gasteiger partial charge is 0.508 e. The van der Waals surface area contributed by atoms with Gasteiger partial charge in [0.05, 0.1) is 0 Å². The number of phenolic OH excluding ortho intramolecular Hbond substituents is 1. The third-order valence-electron chi connectivity index (χ3n) is 2.09. The molecule has 0 aliphatic heterocycles. The number of rotatable bonds is 3. The lowest BCUT2D eigenvalue weighted by Crippen LogP contribution is -2.17. The van der Waals surface area contributed by atoms with E-state index in [1.165, 1.54) is 6.07 Å². The summed E-state index contributed by atoms with van der Waals surface area (Å²) in [5, 5.41) is 12.1. The minimum Gasteiger partial charge on any atom is -0.508 e. The number of anilines is 1. The number of aromatic hydroxyl groups is 1. The Kier molecular flexibility index (Phi) is 3.68. The molecule has 82 valence electrons. The van der Waals surface area contributed by atoms with Gasteiger partial charge in [-0.25, -0.2) is 0 Å². The van der Waals surface area contributed by atoms with E-state index in [1.807, 2.05) is 13.8 Å². The number of benzene rings is 1. The zero-order valence-electron chi connectivity index (χ0n) is 8.95. The second kappa shape index (κ2) is 4.79. The second-order valence-electron chi connectivity index (χ2n) is 3.69. The predicted octanol–water partition coefficient (Wildman–Crippen LogP) is 1.45. The average molecular weight is 208 g/mol. The summed E-state index contributed by atoms with van der Waals surface area (Å²) in [6.07, 6.45) is 0. The molecule has 0 atom stereocenters. The van der Waals surface area contributed by atoms with Crippen molar-refractivity contribution in [3.8, 4) is 5.75 Å². The van der Waals surface area contributed by atoms with Crippen LogP contribution >= 0.6 is 0 Å². The fraction of sp³-hybridized carbons (Fsp3) is 0.364. The van der Waals surface area contributed by atoms with Gasteiger partial charge < -0.3 is 16.2 Å². The topological polar surface area (TPSA) is 75.3 Å². The van der Waals surface area contributed by atoms with Crippen LogP contribution in [0.15, 0.2) is 18.2 Å². The maximum atomic E-state index is 11.4. The van der Waals surface area contributed by atoms with E-state index in [0.717, 1.165) is 0 Å². The summed E-state index contributed by atoms with van der Waals surface area (Å²) in [5.74, 6) is 0.0313. The molecule has 0 aliphatic rings. The van der Waals surface area contributed by atoms with Crippen LogP contribution in [0.5, 0.6) is 5.75 Å². The van der Waals surface area contributed by atoms with E-state index in [4.69, 9.17) is 5.73 Å². The Hall–Kier alpha value is -1.55. The zero-order valence-corrected chi connectivity index (χ0v) is 8.95. The summed E-state index contributed by atoms with van der Waals surface area (Å²) in [6, 6.07) is 4.85. The van der Waals surface area contributed by atoms with Crippen LogP contribution in [0.4, 0.5) is 5.69 Å². The highest BCUT2D eigenvalue weighted by molar-refractivity contribution is 5.92. The molecule has 0 saturated carbocycles. The molecule has 0 heterocycles. The van der Waals surface area contributed by atoms with Crippen molar-refractivity contribution < 1.29 is 9.90 Å². The van der Waals surface area contributed by atoms with Gasteiger partial charge in [0.15, 0.2) is 0 Å². The molecule has 1 aromatic rings. The minimum absolute atomic E-state index is 0.0522. The quantitative estimate of drug-likeness (QED) is 0.658. The van der Waals surface area contributed by atoms with Crippen molar-refractivity contribution in [1.82, 2.24) is 0 Å². The Balaban J connectivity index is 2.83. The molecule has 0 aromatic heterocycles. The summed E-state index contributed by atoms with van der Waals surface area (Å²) in [5.41, 5.74) is 6.72. The van der Waals surface area contributed by atoms with Crippen LogP contribution in [0.2, 0.25) is 0 Å². The smallest absolute Gasteiger partial charge is 0.226 e. The SMILES string of the molecule is CC(C)C(=O)Nc1ccc(O)c(CN)c1. The van der Waals surface area contributed by atoms with E-state index in [-0.39, 0.29) is 24.1 Å². The normalized spacial score (nSPS) is 10.4. The lowest BCUT2D eigenvalue weighted by molar-refractivity contribution is -0.118. The van der Waals surface area contributed by atoms with Gasteiger partial charge >= 0.3 is 0 Å². The van der Waals surface area contributed by atoms with E-state index >= 15 is 0 Å². The van der Waals surface area contributed by atoms with Crippen LogP contribution in [0.25, 0.3) is 0 Å². The van der Waals surface area contributed by atoms with E-state index in [9.17, 15) is 9.90 Å². The molecule has 0 aliphatic carbocycles. The average Bonchev–Trinajstić information content (AvgIpc) is 2.20. The molecular weight excluding hydrogens is 192 g/mol. The summed E-state index contributed by atoms with van der Waals surface area (Å²) >= 11 is 0. The molecule has 1 aromatic carbocycles. The molecule has 0 saturated heterocycles. The lowest BCUT2D eigenvalue weighted by atomic mass is 10.1. The highest BCUT2D eigenvalue weighted by atomic mass is 16.3. The summed E-state index contributed by atoms with van der Waals surface area (Å²) in [7, 11) is 0. The molecule has 15 heavy (non-hydrogen) atoms. The van der Waals surface area contributed by atoms with Crippen molar-refractivity contribution in [3.63, 3.8) is 0 Å². The summed E-state index contributed by atoms with van der Waals surface area (Å²) in [4.78, 5) is 11.4. The zero-order chi connectivity index (χ0) is 11.4. The molecule has 4 heteroatoms. The van der Waals surface area contributed by atoms with Crippen LogP contribution in [0, 0.1) is 5.92 Å². The van der Waals surface area contributed by atoms with Crippen molar-refractivity contribution in [2.24, 2.45) is 11.7 Å². The first-order valence-corrected chi connectivity index (χ1v) is 4.87. The number of nitrogens with one attached hydrogen (secondary N) is 1. The number of phenols is 1. The Morgan fingerprint density at radius 1 is 1.53 bits per heavy atom. The van der Waals surface area contributed by atoms with E-state index < -0.39 is 0 Å². The number of amides is 1. The molecule has 0 radical (unpaired) electrons. The van der Waals surface area contributed by atoms with Gasteiger partial charge in [0.2, 0.25) is 5.91 Å². The summed E-state index contributed by atoms with van der Waals surface area (Å²) in [6.45, 7) is 3.89. The molecule has 1 amide bonds. The third-order valence-corrected chi connectivity index (χ3v) is 2.09. The van der Waals surface area contributed by atoms with Crippen LogP contribution in [-0.4, -0.2) is 11.0 Å². The summed E-state index contributed by atoms with van der Waals surface area (Å²) < 4.78 is 0. The van der Waals surface area contributed by atoms with Crippen LogP contribution in [0.1, 0.15) is 19.4 Å². The Morgan fingerprint density at radius 3 is 2.73 bits per heavy atom. The van der Waals surface area contributed by atoms with Crippen molar-refractivity contribution in [2.75, 3.05) is 5.32 Å². The van der Waals surface area contributed by atoms with Crippen molar-refractivity contribution >= 4 is 11.6 Å². The van der Waals surface area contributed by atoms with Gasteiger partial charge in [-0.1, -0.05) is 13.8 Å². The van der Waals surface area contributed by atoms with Gasteiger partial charge in [0.25, 0.3) is 0 Å². The molecule has 4 nitrogen and oxygen atoms in total. The van der Waals surface area contributed by atoms with Gasteiger partial charge in [-0.3, -0.25) is 4.79 Å². The molecule has 0 spiro atoms. The second-order valence-corrected chi connectivity index (χ2v) is 3.69. The maximum absolute atomic E-state index is 11.4.